The first-order chi connectivity index (χ1) is 14.6. The van der Waals surface area contributed by atoms with Crippen LogP contribution in [0.1, 0.15) is 24.1 Å². The van der Waals surface area contributed by atoms with Crippen molar-refractivity contribution in [1.82, 2.24) is 15.5 Å². The Bertz CT molecular complexity index is 938. The Morgan fingerprint density at radius 1 is 1.00 bits per heavy atom. The first-order valence-corrected chi connectivity index (χ1v) is 11.0. The van der Waals surface area contributed by atoms with Crippen molar-refractivity contribution >= 4 is 40.7 Å². The summed E-state index contributed by atoms with van der Waals surface area (Å²) in [4.78, 5) is 11.1. The van der Waals surface area contributed by atoms with Crippen molar-refractivity contribution in [2.75, 3.05) is 38.0 Å². The highest BCUT2D eigenvalue weighted by Gasteiger charge is 2.27. The minimum atomic E-state index is 0.515. The molecule has 0 aromatic heterocycles. The second kappa shape index (κ2) is 9.69. The molecule has 3 heterocycles. The van der Waals surface area contributed by atoms with Gasteiger partial charge in [0.2, 0.25) is 0 Å². The summed E-state index contributed by atoms with van der Waals surface area (Å²) in [5.41, 5.74) is 3.64. The van der Waals surface area contributed by atoms with Crippen molar-refractivity contribution in [2.45, 2.75) is 19.5 Å². The molecule has 30 heavy (non-hydrogen) atoms. The summed E-state index contributed by atoms with van der Waals surface area (Å²) >= 11 is 12.0. The average Bonchev–Trinajstić information content (AvgIpc) is 3.50. The van der Waals surface area contributed by atoms with Crippen LogP contribution >= 0.6 is 23.2 Å². The molecular formula is C22H26Cl2N6. The summed E-state index contributed by atoms with van der Waals surface area (Å²) in [6, 6.07) is 14.6. The molecule has 0 bridgehead atoms. The summed E-state index contributed by atoms with van der Waals surface area (Å²) in [6.07, 6.45) is 0. The highest BCUT2D eigenvalue weighted by Crippen LogP contribution is 2.32. The SMILES string of the molecule is CC1c2ccccc2CN1CC1=NCCN1.Clc1cccc(Cl)c1NC1=NCCN1. The van der Waals surface area contributed by atoms with E-state index >= 15 is 0 Å². The fraction of sp³-hybridized carbons (Fsp3) is 0.364. The molecule has 2 aromatic carbocycles. The smallest absolute Gasteiger partial charge is 0.196 e. The molecular weight excluding hydrogens is 419 g/mol. The molecule has 3 N–H and O–H groups in total. The van der Waals surface area contributed by atoms with Gasteiger partial charge in [-0.25, -0.2) is 0 Å². The van der Waals surface area contributed by atoms with E-state index in [1.54, 1.807) is 18.2 Å². The molecule has 0 amide bonds. The van der Waals surface area contributed by atoms with Gasteiger partial charge in [0.25, 0.3) is 0 Å². The number of guanidine groups is 1. The van der Waals surface area contributed by atoms with E-state index in [0.29, 0.717) is 21.8 Å². The molecule has 3 aliphatic heterocycles. The largest absolute Gasteiger partial charge is 0.371 e. The molecule has 0 radical (unpaired) electrons. The Morgan fingerprint density at radius 2 is 1.73 bits per heavy atom. The zero-order chi connectivity index (χ0) is 20.9. The number of rotatable bonds is 3. The molecule has 0 aliphatic carbocycles. The van der Waals surface area contributed by atoms with Gasteiger partial charge in [0, 0.05) is 25.7 Å². The van der Waals surface area contributed by atoms with Gasteiger partial charge in [0.15, 0.2) is 5.96 Å². The number of hydrogen-bond acceptors (Lipinski definition) is 6. The van der Waals surface area contributed by atoms with Gasteiger partial charge in [0.1, 0.15) is 5.84 Å². The van der Waals surface area contributed by atoms with Crippen LogP contribution in [0.25, 0.3) is 0 Å². The number of nitrogens with one attached hydrogen (secondary N) is 3. The predicted octanol–water partition coefficient (Wildman–Crippen LogP) is 3.93. The van der Waals surface area contributed by atoms with Crippen molar-refractivity contribution in [3.63, 3.8) is 0 Å². The van der Waals surface area contributed by atoms with E-state index < -0.39 is 0 Å². The Morgan fingerprint density at radius 3 is 2.40 bits per heavy atom. The van der Waals surface area contributed by atoms with E-state index in [1.807, 2.05) is 0 Å². The number of halogens is 2. The summed E-state index contributed by atoms with van der Waals surface area (Å²) in [5, 5.41) is 10.7. The first-order valence-electron chi connectivity index (χ1n) is 10.2. The van der Waals surface area contributed by atoms with E-state index in [1.165, 1.54) is 11.1 Å². The van der Waals surface area contributed by atoms with Crippen LogP contribution in [0, 0.1) is 0 Å². The van der Waals surface area contributed by atoms with E-state index in [4.69, 9.17) is 23.2 Å². The van der Waals surface area contributed by atoms with Crippen LogP contribution in [-0.4, -0.2) is 49.4 Å². The Balaban J connectivity index is 0.000000147. The minimum absolute atomic E-state index is 0.515. The third-order valence-electron chi connectivity index (χ3n) is 5.40. The van der Waals surface area contributed by atoms with Gasteiger partial charge in [-0.2, -0.15) is 0 Å². The number of nitrogens with zero attached hydrogens (tertiary/aromatic N) is 3. The van der Waals surface area contributed by atoms with Gasteiger partial charge in [-0.1, -0.05) is 53.5 Å². The molecule has 1 unspecified atom stereocenters. The second-order valence-electron chi connectivity index (χ2n) is 7.41. The molecule has 1 atom stereocenters. The van der Waals surface area contributed by atoms with Crippen molar-refractivity contribution in [3.8, 4) is 0 Å². The number of fused-ring (bicyclic) bond motifs is 1. The first kappa shape index (κ1) is 21.0. The lowest BCUT2D eigenvalue weighted by Gasteiger charge is -2.21. The molecule has 0 spiro atoms. The molecule has 2 aromatic rings. The Hall–Kier alpha value is -2.28. The van der Waals surface area contributed by atoms with Crippen LogP contribution in [0.15, 0.2) is 52.4 Å². The molecule has 0 saturated carbocycles. The Kier molecular flexibility index (Phi) is 6.77. The maximum atomic E-state index is 5.98. The van der Waals surface area contributed by atoms with Crippen LogP contribution < -0.4 is 16.0 Å². The maximum Gasteiger partial charge on any atom is 0.196 e. The molecule has 0 saturated heterocycles. The molecule has 5 rings (SSSR count). The number of benzene rings is 2. The number of amidine groups is 1. The van der Waals surface area contributed by atoms with Crippen LogP contribution in [0.2, 0.25) is 10.0 Å². The van der Waals surface area contributed by atoms with Gasteiger partial charge in [-0.15, -0.1) is 0 Å². The summed E-state index contributed by atoms with van der Waals surface area (Å²) < 4.78 is 0. The predicted molar refractivity (Wildman–Crippen MR) is 126 cm³/mol. The number of para-hydroxylation sites is 1. The third kappa shape index (κ3) is 4.89. The number of hydrogen-bond donors (Lipinski definition) is 3. The minimum Gasteiger partial charge on any atom is -0.371 e. The summed E-state index contributed by atoms with van der Waals surface area (Å²) in [6.45, 7) is 7.86. The fourth-order valence-corrected chi connectivity index (χ4v) is 4.29. The second-order valence-corrected chi connectivity index (χ2v) is 8.23. The number of anilines is 1. The molecule has 158 valence electrons. The van der Waals surface area contributed by atoms with Crippen LogP contribution in [-0.2, 0) is 6.54 Å². The molecule has 6 nitrogen and oxygen atoms in total. The lowest BCUT2D eigenvalue weighted by Crippen LogP contribution is -2.33. The fourth-order valence-electron chi connectivity index (χ4n) is 3.79. The number of aliphatic imine (C=N–C) groups is 2. The van der Waals surface area contributed by atoms with Gasteiger partial charge < -0.3 is 16.0 Å². The zero-order valence-corrected chi connectivity index (χ0v) is 18.5. The van der Waals surface area contributed by atoms with Crippen molar-refractivity contribution in [1.29, 1.82) is 0 Å². The summed E-state index contributed by atoms with van der Waals surface area (Å²) in [5.74, 6) is 1.87. The van der Waals surface area contributed by atoms with Crippen LogP contribution in [0.3, 0.4) is 0 Å². The lowest BCUT2D eigenvalue weighted by atomic mass is 10.1. The van der Waals surface area contributed by atoms with Gasteiger partial charge >= 0.3 is 0 Å². The quantitative estimate of drug-likeness (QED) is 0.670. The van der Waals surface area contributed by atoms with Gasteiger partial charge in [-0.3, -0.25) is 14.9 Å². The molecule has 0 fully saturated rings. The topological polar surface area (TPSA) is 64.0 Å². The Labute approximate surface area is 187 Å². The van der Waals surface area contributed by atoms with Crippen LogP contribution in [0.4, 0.5) is 5.69 Å². The summed E-state index contributed by atoms with van der Waals surface area (Å²) in [7, 11) is 0. The standard InChI is InChI=1S/C13H17N3.C9H9Cl2N3/c1-10-12-5-3-2-4-11(12)8-16(10)9-13-14-6-7-15-13;10-6-2-1-3-7(11)8(6)14-9-12-4-5-13-9/h2-5,10H,6-9H2,1H3,(H,14,15);1-3H,4-5H2,(H2,12,13,14). The highest BCUT2D eigenvalue weighted by molar-refractivity contribution is 6.39. The van der Waals surface area contributed by atoms with E-state index in [9.17, 15) is 0 Å². The van der Waals surface area contributed by atoms with E-state index in [0.717, 1.165) is 51.1 Å². The van der Waals surface area contributed by atoms with Gasteiger partial charge in [-0.05, 0) is 30.2 Å². The molecule has 3 aliphatic rings. The maximum absolute atomic E-state index is 5.98. The lowest BCUT2D eigenvalue weighted by molar-refractivity contribution is 0.262. The van der Waals surface area contributed by atoms with E-state index in [-0.39, 0.29) is 0 Å². The van der Waals surface area contributed by atoms with Crippen molar-refractivity contribution < 1.29 is 0 Å². The van der Waals surface area contributed by atoms with Gasteiger partial charge in [0.05, 0.1) is 35.4 Å². The highest BCUT2D eigenvalue weighted by atomic mass is 35.5. The molecule has 8 heteroatoms. The average molecular weight is 445 g/mol. The normalized spacial score (nSPS) is 19.8. The van der Waals surface area contributed by atoms with Crippen molar-refractivity contribution in [2.24, 2.45) is 9.98 Å². The van der Waals surface area contributed by atoms with E-state index in [2.05, 4.69) is 62.0 Å². The zero-order valence-electron chi connectivity index (χ0n) is 17.0. The van der Waals surface area contributed by atoms with Crippen LogP contribution in [0.5, 0.6) is 0 Å². The third-order valence-corrected chi connectivity index (χ3v) is 6.03. The monoisotopic (exact) mass is 444 g/mol. The van der Waals surface area contributed by atoms with Crippen molar-refractivity contribution in [3.05, 3.63) is 63.6 Å².